The molecule has 3 rings (SSSR count). The zero-order valence-corrected chi connectivity index (χ0v) is 12.1. The molecule has 2 nitrogen and oxygen atoms in total. The number of benzene rings is 2. The normalized spacial score (nSPS) is 17.9. The quantitative estimate of drug-likeness (QED) is 0.887. The van der Waals surface area contributed by atoms with Crippen LogP contribution in [0.2, 0.25) is 0 Å². The fraction of sp³-hybridized carbons (Fsp3) is 0.333. The fourth-order valence-corrected chi connectivity index (χ4v) is 3.03. The second kappa shape index (κ2) is 5.20. The predicted molar refractivity (Wildman–Crippen MR) is 83.3 cm³/mol. The molecule has 0 spiro atoms. The Labute approximate surface area is 120 Å². The summed E-state index contributed by atoms with van der Waals surface area (Å²) in [5, 5.41) is 10.1. The van der Waals surface area contributed by atoms with E-state index < -0.39 is 0 Å². The van der Waals surface area contributed by atoms with E-state index in [0.717, 1.165) is 18.5 Å². The van der Waals surface area contributed by atoms with E-state index in [2.05, 4.69) is 49.1 Å². The number of rotatable bonds is 2. The van der Waals surface area contributed by atoms with Crippen molar-refractivity contribution in [3.8, 4) is 5.75 Å². The lowest BCUT2D eigenvalue weighted by molar-refractivity contribution is 0.463. The first-order chi connectivity index (χ1) is 9.65. The Kier molecular flexibility index (Phi) is 3.39. The van der Waals surface area contributed by atoms with Gasteiger partial charge in [-0.1, -0.05) is 35.9 Å². The summed E-state index contributed by atoms with van der Waals surface area (Å²) in [6.07, 6.45) is 2.32. The maximum Gasteiger partial charge on any atom is 0.120 e. The number of para-hydroxylation sites is 1. The molecule has 104 valence electrons. The van der Waals surface area contributed by atoms with E-state index in [-0.39, 0.29) is 0 Å². The van der Waals surface area contributed by atoms with Gasteiger partial charge in [0.15, 0.2) is 0 Å². The van der Waals surface area contributed by atoms with Crippen LogP contribution in [0.5, 0.6) is 5.75 Å². The Morgan fingerprint density at radius 1 is 1.20 bits per heavy atom. The van der Waals surface area contributed by atoms with Crippen LogP contribution in [-0.2, 0) is 13.0 Å². The van der Waals surface area contributed by atoms with Gasteiger partial charge in [0, 0.05) is 23.8 Å². The van der Waals surface area contributed by atoms with Gasteiger partial charge >= 0.3 is 0 Å². The maximum absolute atomic E-state index is 10.1. The summed E-state index contributed by atoms with van der Waals surface area (Å²) in [6, 6.07) is 14.9. The van der Waals surface area contributed by atoms with Crippen LogP contribution in [0.4, 0.5) is 5.69 Å². The molecule has 1 aliphatic heterocycles. The minimum Gasteiger partial charge on any atom is -0.508 e. The Morgan fingerprint density at radius 3 is 2.85 bits per heavy atom. The van der Waals surface area contributed by atoms with E-state index in [4.69, 9.17) is 0 Å². The third-order valence-corrected chi connectivity index (χ3v) is 4.24. The minimum atomic E-state index is 0.394. The summed E-state index contributed by atoms with van der Waals surface area (Å²) in [4.78, 5) is 2.41. The highest BCUT2D eigenvalue weighted by atomic mass is 16.3. The SMILES string of the molecule is Cc1ccc(O)c(CN2c3ccccc3CCC2C)c1. The van der Waals surface area contributed by atoms with E-state index in [1.165, 1.54) is 23.2 Å². The lowest BCUT2D eigenvalue weighted by Crippen LogP contribution is -2.36. The lowest BCUT2D eigenvalue weighted by Gasteiger charge is -2.37. The monoisotopic (exact) mass is 267 g/mol. The molecule has 0 fully saturated rings. The maximum atomic E-state index is 10.1. The molecular formula is C18H21NO. The van der Waals surface area contributed by atoms with Crippen LogP contribution in [0.25, 0.3) is 0 Å². The summed E-state index contributed by atoms with van der Waals surface area (Å²) in [5.74, 6) is 0.394. The first-order valence-corrected chi connectivity index (χ1v) is 7.28. The molecule has 0 aliphatic carbocycles. The molecule has 0 amide bonds. The highest BCUT2D eigenvalue weighted by Crippen LogP contribution is 2.33. The highest BCUT2D eigenvalue weighted by molar-refractivity contribution is 5.57. The Bertz CT molecular complexity index is 621. The van der Waals surface area contributed by atoms with Crippen LogP contribution < -0.4 is 4.90 Å². The summed E-state index contributed by atoms with van der Waals surface area (Å²) in [6.45, 7) is 5.10. The molecule has 0 saturated carbocycles. The molecule has 0 saturated heterocycles. The Balaban J connectivity index is 1.95. The number of hydrogen-bond donors (Lipinski definition) is 1. The van der Waals surface area contributed by atoms with Crippen LogP contribution in [0.1, 0.15) is 30.0 Å². The van der Waals surface area contributed by atoms with Crippen molar-refractivity contribution < 1.29 is 5.11 Å². The molecule has 2 aromatic rings. The second-order valence-corrected chi connectivity index (χ2v) is 5.78. The number of phenols is 1. The topological polar surface area (TPSA) is 23.5 Å². The molecule has 1 aliphatic rings. The van der Waals surface area contributed by atoms with Gasteiger partial charge in [-0.15, -0.1) is 0 Å². The van der Waals surface area contributed by atoms with E-state index in [1.54, 1.807) is 6.07 Å². The van der Waals surface area contributed by atoms with Gasteiger partial charge in [-0.3, -0.25) is 0 Å². The molecule has 1 atom stereocenters. The fourth-order valence-electron chi connectivity index (χ4n) is 3.03. The number of aryl methyl sites for hydroxylation is 2. The number of aromatic hydroxyl groups is 1. The van der Waals surface area contributed by atoms with Gasteiger partial charge in [0.1, 0.15) is 5.75 Å². The highest BCUT2D eigenvalue weighted by Gasteiger charge is 2.23. The van der Waals surface area contributed by atoms with Crippen molar-refractivity contribution in [2.45, 2.75) is 39.3 Å². The van der Waals surface area contributed by atoms with Crippen molar-refractivity contribution in [1.82, 2.24) is 0 Å². The third-order valence-electron chi connectivity index (χ3n) is 4.24. The van der Waals surface area contributed by atoms with Crippen molar-refractivity contribution in [2.75, 3.05) is 4.90 Å². The van der Waals surface area contributed by atoms with Crippen LogP contribution in [0, 0.1) is 6.92 Å². The molecule has 20 heavy (non-hydrogen) atoms. The largest absolute Gasteiger partial charge is 0.508 e. The van der Waals surface area contributed by atoms with Crippen molar-refractivity contribution in [1.29, 1.82) is 0 Å². The summed E-state index contributed by atoms with van der Waals surface area (Å²) in [5.41, 5.74) is 4.93. The average Bonchev–Trinajstić information content (AvgIpc) is 2.46. The standard InChI is InChI=1S/C18H21NO/c1-13-7-10-18(20)16(11-13)12-19-14(2)8-9-15-5-3-4-6-17(15)19/h3-7,10-11,14,20H,8-9,12H2,1-2H3. The number of anilines is 1. The van der Waals surface area contributed by atoms with Crippen molar-refractivity contribution in [3.63, 3.8) is 0 Å². The molecule has 2 aromatic carbocycles. The first kappa shape index (κ1) is 13.0. The lowest BCUT2D eigenvalue weighted by atomic mass is 9.96. The van der Waals surface area contributed by atoms with Crippen molar-refractivity contribution in [3.05, 3.63) is 59.2 Å². The van der Waals surface area contributed by atoms with E-state index in [1.807, 2.05) is 6.07 Å². The van der Waals surface area contributed by atoms with Gasteiger partial charge in [0.05, 0.1) is 0 Å². The Morgan fingerprint density at radius 2 is 2.00 bits per heavy atom. The summed E-state index contributed by atoms with van der Waals surface area (Å²) >= 11 is 0. The number of fused-ring (bicyclic) bond motifs is 1. The van der Waals surface area contributed by atoms with E-state index in [9.17, 15) is 5.11 Å². The van der Waals surface area contributed by atoms with Crippen molar-refractivity contribution >= 4 is 5.69 Å². The second-order valence-electron chi connectivity index (χ2n) is 5.78. The summed E-state index contributed by atoms with van der Waals surface area (Å²) < 4.78 is 0. The average molecular weight is 267 g/mol. The predicted octanol–water partition coefficient (Wildman–Crippen LogP) is 4.04. The zero-order valence-electron chi connectivity index (χ0n) is 12.1. The molecule has 0 aromatic heterocycles. The van der Waals surface area contributed by atoms with Gasteiger partial charge in [0.25, 0.3) is 0 Å². The smallest absolute Gasteiger partial charge is 0.120 e. The van der Waals surface area contributed by atoms with E-state index >= 15 is 0 Å². The van der Waals surface area contributed by atoms with Crippen LogP contribution in [-0.4, -0.2) is 11.1 Å². The third kappa shape index (κ3) is 2.38. The molecule has 2 heteroatoms. The van der Waals surface area contributed by atoms with Gasteiger partial charge in [-0.25, -0.2) is 0 Å². The van der Waals surface area contributed by atoms with Gasteiger partial charge in [-0.2, -0.15) is 0 Å². The summed E-state index contributed by atoms with van der Waals surface area (Å²) in [7, 11) is 0. The van der Waals surface area contributed by atoms with Gasteiger partial charge in [-0.05, 0) is 44.4 Å². The van der Waals surface area contributed by atoms with E-state index in [0.29, 0.717) is 11.8 Å². The van der Waals surface area contributed by atoms with Crippen LogP contribution in [0.15, 0.2) is 42.5 Å². The molecular weight excluding hydrogens is 246 g/mol. The van der Waals surface area contributed by atoms with Crippen LogP contribution >= 0.6 is 0 Å². The molecule has 0 bridgehead atoms. The molecule has 0 radical (unpaired) electrons. The zero-order chi connectivity index (χ0) is 14.1. The molecule has 1 N–H and O–H groups in total. The minimum absolute atomic E-state index is 0.394. The van der Waals surface area contributed by atoms with Gasteiger partial charge < -0.3 is 10.0 Å². The Hall–Kier alpha value is -1.96. The van der Waals surface area contributed by atoms with Gasteiger partial charge in [0.2, 0.25) is 0 Å². The first-order valence-electron chi connectivity index (χ1n) is 7.28. The number of nitrogens with zero attached hydrogens (tertiary/aromatic N) is 1. The molecule has 1 unspecified atom stereocenters. The van der Waals surface area contributed by atoms with Crippen LogP contribution in [0.3, 0.4) is 0 Å². The number of phenolic OH excluding ortho intramolecular Hbond substituents is 1. The van der Waals surface area contributed by atoms with Crippen molar-refractivity contribution in [2.24, 2.45) is 0 Å². The number of hydrogen-bond acceptors (Lipinski definition) is 2. The molecule has 1 heterocycles.